The van der Waals surface area contributed by atoms with E-state index >= 15 is 0 Å². The molecule has 136 valence electrons. The van der Waals surface area contributed by atoms with Crippen LogP contribution in [0.15, 0.2) is 53.3 Å². The number of hydrogen-bond acceptors (Lipinski definition) is 3. The molecule has 0 unspecified atom stereocenters. The molecule has 27 heavy (non-hydrogen) atoms. The highest BCUT2D eigenvalue weighted by molar-refractivity contribution is 5.92. The molecule has 0 saturated heterocycles. The molecule has 6 heteroatoms. The van der Waals surface area contributed by atoms with Gasteiger partial charge in [0.2, 0.25) is 5.91 Å². The molecule has 4 aromatic rings. The molecule has 2 heterocycles. The molecule has 0 spiro atoms. The number of para-hydroxylation sites is 1. The van der Waals surface area contributed by atoms with Crippen molar-refractivity contribution in [3.05, 3.63) is 75.7 Å². The average molecular weight is 360 g/mol. The van der Waals surface area contributed by atoms with Gasteiger partial charge in [-0.3, -0.25) is 14.2 Å². The number of aryl methyl sites for hydroxylation is 3. The zero-order valence-corrected chi connectivity index (χ0v) is 15.5. The van der Waals surface area contributed by atoms with Gasteiger partial charge >= 0.3 is 0 Å². The quantitative estimate of drug-likeness (QED) is 0.610. The van der Waals surface area contributed by atoms with Gasteiger partial charge in [-0.15, -0.1) is 0 Å². The van der Waals surface area contributed by atoms with Crippen molar-refractivity contribution in [2.75, 3.05) is 5.32 Å². The van der Waals surface area contributed by atoms with Crippen LogP contribution in [-0.4, -0.2) is 20.1 Å². The van der Waals surface area contributed by atoms with Crippen molar-refractivity contribution in [2.24, 2.45) is 0 Å². The van der Waals surface area contributed by atoms with Crippen molar-refractivity contribution in [1.82, 2.24) is 14.2 Å². The highest BCUT2D eigenvalue weighted by Gasteiger charge is 2.15. The van der Waals surface area contributed by atoms with E-state index in [0.717, 1.165) is 28.0 Å². The number of anilines is 1. The molecule has 0 saturated carbocycles. The Balaban J connectivity index is 1.79. The van der Waals surface area contributed by atoms with E-state index in [9.17, 15) is 9.59 Å². The minimum absolute atomic E-state index is 0.0777. The first-order chi connectivity index (χ1) is 12.9. The number of carbonyl (C=O) groups is 1. The third-order valence-electron chi connectivity index (χ3n) is 4.67. The van der Waals surface area contributed by atoms with Gasteiger partial charge in [-0.2, -0.15) is 5.10 Å². The van der Waals surface area contributed by atoms with E-state index in [1.54, 1.807) is 10.6 Å². The number of nitrogens with zero attached hydrogens (tertiary/aromatic N) is 3. The molecule has 0 aliphatic rings. The van der Waals surface area contributed by atoms with E-state index < -0.39 is 0 Å². The van der Waals surface area contributed by atoms with Gasteiger partial charge in [0.05, 0.1) is 16.6 Å². The molecule has 2 aromatic heterocycles. The molecule has 0 bridgehead atoms. The minimum atomic E-state index is -0.248. The second-order valence-corrected chi connectivity index (χ2v) is 6.83. The zero-order chi connectivity index (χ0) is 19.1. The van der Waals surface area contributed by atoms with E-state index in [1.165, 1.54) is 4.57 Å². The molecule has 1 amide bonds. The summed E-state index contributed by atoms with van der Waals surface area (Å²) in [5, 5.41) is 7.94. The predicted octanol–water partition coefficient (Wildman–Crippen LogP) is 3.21. The Morgan fingerprint density at radius 3 is 2.67 bits per heavy atom. The second-order valence-electron chi connectivity index (χ2n) is 6.83. The van der Waals surface area contributed by atoms with Gasteiger partial charge in [-0.25, -0.2) is 4.52 Å². The highest BCUT2D eigenvalue weighted by Crippen LogP contribution is 2.17. The Bertz CT molecular complexity index is 1250. The first-order valence-electron chi connectivity index (χ1n) is 8.79. The van der Waals surface area contributed by atoms with Crippen LogP contribution in [0.25, 0.3) is 16.6 Å². The third kappa shape index (κ3) is 2.99. The van der Waals surface area contributed by atoms with E-state index in [-0.39, 0.29) is 18.0 Å². The number of amides is 1. The van der Waals surface area contributed by atoms with E-state index in [2.05, 4.69) is 10.4 Å². The number of carbonyl (C=O) groups excluding carboxylic acids is 1. The summed E-state index contributed by atoms with van der Waals surface area (Å²) < 4.78 is 3.19. The number of nitrogens with one attached hydrogen (secondary N) is 1. The van der Waals surface area contributed by atoms with Crippen LogP contribution in [0.3, 0.4) is 0 Å². The fourth-order valence-electron chi connectivity index (χ4n) is 3.30. The van der Waals surface area contributed by atoms with Crippen molar-refractivity contribution < 1.29 is 4.79 Å². The summed E-state index contributed by atoms with van der Waals surface area (Å²) in [4.78, 5) is 25.7. The molecule has 0 aliphatic carbocycles. The van der Waals surface area contributed by atoms with Crippen LogP contribution in [0.4, 0.5) is 5.69 Å². The van der Waals surface area contributed by atoms with Crippen LogP contribution >= 0.6 is 0 Å². The largest absolute Gasteiger partial charge is 0.324 e. The van der Waals surface area contributed by atoms with Crippen molar-refractivity contribution >= 4 is 28.1 Å². The maximum atomic E-state index is 13.0. The summed E-state index contributed by atoms with van der Waals surface area (Å²) in [7, 11) is 0. The van der Waals surface area contributed by atoms with Crippen LogP contribution in [-0.2, 0) is 11.3 Å². The van der Waals surface area contributed by atoms with E-state index in [0.29, 0.717) is 11.0 Å². The zero-order valence-electron chi connectivity index (χ0n) is 15.5. The molecule has 0 aliphatic heterocycles. The van der Waals surface area contributed by atoms with Gasteiger partial charge in [0.25, 0.3) is 5.56 Å². The Hall–Kier alpha value is -3.41. The second kappa shape index (κ2) is 6.39. The molecular formula is C21H20N4O2. The topological polar surface area (TPSA) is 68.4 Å². The predicted molar refractivity (Wildman–Crippen MR) is 106 cm³/mol. The number of aromatic nitrogens is 3. The van der Waals surface area contributed by atoms with Crippen LogP contribution < -0.4 is 10.9 Å². The van der Waals surface area contributed by atoms with E-state index in [4.69, 9.17) is 0 Å². The summed E-state index contributed by atoms with van der Waals surface area (Å²) in [6.45, 7) is 5.70. The van der Waals surface area contributed by atoms with Gasteiger partial charge in [0.15, 0.2) is 0 Å². The lowest BCUT2D eigenvalue weighted by atomic mass is 10.1. The first-order valence-corrected chi connectivity index (χ1v) is 8.79. The summed E-state index contributed by atoms with van der Waals surface area (Å²) >= 11 is 0. The Morgan fingerprint density at radius 1 is 1.07 bits per heavy atom. The SMILES string of the molecule is Cc1ccc(C)c(NC(=O)Cn2c(=O)c3ccccc3n3nc(C)cc23)c1. The monoisotopic (exact) mass is 360 g/mol. The summed E-state index contributed by atoms with van der Waals surface area (Å²) in [6, 6.07) is 15.0. The molecule has 4 rings (SSSR count). The highest BCUT2D eigenvalue weighted by atomic mass is 16.2. The lowest BCUT2D eigenvalue weighted by Gasteiger charge is -2.13. The smallest absolute Gasteiger partial charge is 0.262 e. The number of rotatable bonds is 3. The van der Waals surface area contributed by atoms with Gasteiger partial charge in [0, 0.05) is 11.8 Å². The molecule has 6 nitrogen and oxygen atoms in total. The Labute approximate surface area is 156 Å². The molecule has 0 radical (unpaired) electrons. The van der Waals surface area contributed by atoms with Gasteiger partial charge in [-0.1, -0.05) is 24.3 Å². The summed E-state index contributed by atoms with van der Waals surface area (Å²) in [5.74, 6) is -0.248. The molecule has 2 aromatic carbocycles. The first kappa shape index (κ1) is 17.0. The lowest BCUT2D eigenvalue weighted by molar-refractivity contribution is -0.116. The van der Waals surface area contributed by atoms with Gasteiger partial charge in [0.1, 0.15) is 12.2 Å². The fraction of sp³-hybridized carbons (Fsp3) is 0.190. The maximum Gasteiger partial charge on any atom is 0.262 e. The van der Waals surface area contributed by atoms with Gasteiger partial charge in [-0.05, 0) is 50.1 Å². The Morgan fingerprint density at radius 2 is 1.85 bits per heavy atom. The normalized spacial score (nSPS) is 11.2. The van der Waals surface area contributed by atoms with Crippen molar-refractivity contribution in [3.8, 4) is 0 Å². The lowest BCUT2D eigenvalue weighted by Crippen LogP contribution is -2.29. The van der Waals surface area contributed by atoms with Crippen molar-refractivity contribution in [1.29, 1.82) is 0 Å². The van der Waals surface area contributed by atoms with Crippen molar-refractivity contribution in [2.45, 2.75) is 27.3 Å². The van der Waals surface area contributed by atoms with Crippen LogP contribution in [0.2, 0.25) is 0 Å². The Kier molecular flexibility index (Phi) is 4.03. The average Bonchev–Trinajstić information content (AvgIpc) is 3.03. The number of benzene rings is 2. The molecule has 0 fully saturated rings. The minimum Gasteiger partial charge on any atom is -0.324 e. The maximum absolute atomic E-state index is 13.0. The van der Waals surface area contributed by atoms with Gasteiger partial charge < -0.3 is 5.32 Å². The number of fused-ring (bicyclic) bond motifs is 3. The van der Waals surface area contributed by atoms with E-state index in [1.807, 2.05) is 63.2 Å². The molecule has 1 N–H and O–H groups in total. The fourth-order valence-corrected chi connectivity index (χ4v) is 3.30. The summed E-state index contributed by atoms with van der Waals surface area (Å²) in [5.41, 5.74) is 4.72. The summed E-state index contributed by atoms with van der Waals surface area (Å²) in [6.07, 6.45) is 0. The number of hydrogen-bond donors (Lipinski definition) is 1. The standard InChI is InChI=1S/C21H20N4O2/c1-13-8-9-14(2)17(10-13)22-19(26)12-24-20-11-15(3)23-25(20)18-7-5-4-6-16(18)21(24)27/h4-11H,12H2,1-3H3,(H,22,26). The van der Waals surface area contributed by atoms with Crippen LogP contribution in [0.5, 0.6) is 0 Å². The molecule has 0 atom stereocenters. The van der Waals surface area contributed by atoms with Crippen molar-refractivity contribution in [3.63, 3.8) is 0 Å². The van der Waals surface area contributed by atoms with Crippen LogP contribution in [0.1, 0.15) is 16.8 Å². The third-order valence-corrected chi connectivity index (χ3v) is 4.67. The van der Waals surface area contributed by atoms with Crippen LogP contribution in [0, 0.1) is 20.8 Å². The molecular weight excluding hydrogens is 340 g/mol.